The number of carboxylic acids is 1. The predicted octanol–water partition coefficient (Wildman–Crippen LogP) is 2.28. The standard InChI is InChI=1S/C19H26N2O4/c1-13-9-14(2)11-15(10-13)19(25)20-12-17(22)21-8-4-3-5-16(21)6-7-18(23)24/h9-11,16H,3-8,12H2,1-2H3,(H,20,25)(H,23,24). The summed E-state index contributed by atoms with van der Waals surface area (Å²) in [6.07, 6.45) is 3.27. The van der Waals surface area contributed by atoms with Crippen LogP contribution in [0.15, 0.2) is 18.2 Å². The van der Waals surface area contributed by atoms with E-state index in [2.05, 4.69) is 5.32 Å². The maximum absolute atomic E-state index is 12.5. The van der Waals surface area contributed by atoms with Crippen LogP contribution in [0.3, 0.4) is 0 Å². The molecule has 0 spiro atoms. The molecule has 1 unspecified atom stereocenters. The number of nitrogens with one attached hydrogen (secondary N) is 1. The van der Waals surface area contributed by atoms with E-state index in [9.17, 15) is 14.4 Å². The third kappa shape index (κ3) is 5.59. The second-order valence-electron chi connectivity index (χ2n) is 6.73. The van der Waals surface area contributed by atoms with Crippen molar-refractivity contribution < 1.29 is 19.5 Å². The molecule has 25 heavy (non-hydrogen) atoms. The van der Waals surface area contributed by atoms with Crippen molar-refractivity contribution in [1.29, 1.82) is 0 Å². The van der Waals surface area contributed by atoms with E-state index in [1.165, 1.54) is 0 Å². The van der Waals surface area contributed by atoms with Gasteiger partial charge in [-0.2, -0.15) is 0 Å². The van der Waals surface area contributed by atoms with Crippen molar-refractivity contribution >= 4 is 17.8 Å². The normalized spacial score (nSPS) is 17.2. The van der Waals surface area contributed by atoms with Crippen LogP contribution in [-0.4, -0.2) is 46.9 Å². The first-order valence-electron chi connectivity index (χ1n) is 8.74. The molecule has 1 aliphatic heterocycles. The number of carbonyl (C=O) groups excluding carboxylic acids is 2. The van der Waals surface area contributed by atoms with Gasteiger partial charge in [-0.1, -0.05) is 17.2 Å². The average Bonchev–Trinajstić information content (AvgIpc) is 2.56. The second kappa shape index (κ2) is 8.65. The minimum atomic E-state index is -0.846. The first-order chi connectivity index (χ1) is 11.9. The third-order valence-corrected chi connectivity index (χ3v) is 4.52. The highest BCUT2D eigenvalue weighted by Crippen LogP contribution is 2.21. The Hall–Kier alpha value is -2.37. The minimum absolute atomic E-state index is 0.0459. The lowest BCUT2D eigenvalue weighted by Crippen LogP contribution is -2.48. The van der Waals surface area contributed by atoms with E-state index in [0.29, 0.717) is 18.5 Å². The summed E-state index contributed by atoms with van der Waals surface area (Å²) in [5, 5.41) is 11.5. The molecule has 1 atom stereocenters. The number of likely N-dealkylation sites (tertiary alicyclic amines) is 1. The summed E-state index contributed by atoms with van der Waals surface area (Å²) in [5.74, 6) is -1.26. The Bertz CT molecular complexity index is 637. The zero-order valence-electron chi connectivity index (χ0n) is 14.9. The van der Waals surface area contributed by atoms with Crippen molar-refractivity contribution in [3.8, 4) is 0 Å². The summed E-state index contributed by atoms with van der Waals surface area (Å²) in [4.78, 5) is 37.3. The Balaban J connectivity index is 1.93. The van der Waals surface area contributed by atoms with Gasteiger partial charge in [0.1, 0.15) is 0 Å². The number of aliphatic carboxylic acids is 1. The SMILES string of the molecule is Cc1cc(C)cc(C(=O)NCC(=O)N2CCCCC2CCC(=O)O)c1. The van der Waals surface area contributed by atoms with Gasteiger partial charge in [-0.25, -0.2) is 0 Å². The molecule has 1 aliphatic rings. The minimum Gasteiger partial charge on any atom is -0.481 e. The molecule has 1 heterocycles. The number of aryl methyl sites for hydroxylation is 2. The zero-order valence-corrected chi connectivity index (χ0v) is 14.9. The monoisotopic (exact) mass is 346 g/mol. The van der Waals surface area contributed by atoms with E-state index in [4.69, 9.17) is 5.11 Å². The van der Waals surface area contributed by atoms with Crippen LogP contribution in [0, 0.1) is 13.8 Å². The van der Waals surface area contributed by atoms with Gasteiger partial charge >= 0.3 is 5.97 Å². The first kappa shape index (κ1) is 19.0. The van der Waals surface area contributed by atoms with E-state index < -0.39 is 5.97 Å². The lowest BCUT2D eigenvalue weighted by molar-refractivity contribution is -0.139. The Kier molecular flexibility index (Phi) is 6.56. The van der Waals surface area contributed by atoms with Crippen molar-refractivity contribution in [3.05, 3.63) is 34.9 Å². The summed E-state index contributed by atoms with van der Waals surface area (Å²) in [6.45, 7) is 4.42. The van der Waals surface area contributed by atoms with Crippen LogP contribution >= 0.6 is 0 Å². The lowest BCUT2D eigenvalue weighted by atomic mass is 9.98. The Morgan fingerprint density at radius 2 is 1.84 bits per heavy atom. The lowest BCUT2D eigenvalue weighted by Gasteiger charge is -2.35. The van der Waals surface area contributed by atoms with Gasteiger partial charge in [-0.05, 0) is 51.7 Å². The largest absolute Gasteiger partial charge is 0.481 e. The Labute approximate surface area is 148 Å². The van der Waals surface area contributed by atoms with Crippen LogP contribution in [0.2, 0.25) is 0 Å². The van der Waals surface area contributed by atoms with Crippen LogP contribution in [0.4, 0.5) is 0 Å². The van der Waals surface area contributed by atoms with Crippen molar-refractivity contribution in [1.82, 2.24) is 10.2 Å². The van der Waals surface area contributed by atoms with E-state index in [1.54, 1.807) is 17.0 Å². The molecular formula is C19H26N2O4. The quantitative estimate of drug-likeness (QED) is 0.827. The molecule has 2 rings (SSSR count). The summed E-state index contributed by atoms with van der Waals surface area (Å²) in [7, 11) is 0. The molecule has 2 N–H and O–H groups in total. The number of hydrogen-bond acceptors (Lipinski definition) is 3. The molecule has 0 aromatic heterocycles. The highest BCUT2D eigenvalue weighted by atomic mass is 16.4. The molecule has 1 saturated heterocycles. The molecule has 136 valence electrons. The van der Waals surface area contributed by atoms with Crippen molar-refractivity contribution in [2.75, 3.05) is 13.1 Å². The molecule has 0 saturated carbocycles. The fourth-order valence-corrected chi connectivity index (χ4v) is 3.38. The second-order valence-corrected chi connectivity index (χ2v) is 6.73. The summed E-state index contributed by atoms with van der Waals surface area (Å²) in [6, 6.07) is 5.53. The number of nitrogens with zero attached hydrogens (tertiary/aromatic N) is 1. The van der Waals surface area contributed by atoms with Crippen LogP contribution in [0.25, 0.3) is 0 Å². The van der Waals surface area contributed by atoms with Gasteiger partial charge in [0.25, 0.3) is 5.91 Å². The van der Waals surface area contributed by atoms with Crippen LogP contribution in [0.5, 0.6) is 0 Å². The molecule has 1 aromatic rings. The number of carbonyl (C=O) groups is 3. The maximum Gasteiger partial charge on any atom is 0.303 e. The number of amides is 2. The van der Waals surface area contributed by atoms with Gasteiger partial charge in [-0.15, -0.1) is 0 Å². The van der Waals surface area contributed by atoms with Gasteiger partial charge in [0, 0.05) is 24.6 Å². The molecule has 0 bridgehead atoms. The number of hydrogen-bond donors (Lipinski definition) is 2. The molecule has 6 heteroatoms. The van der Waals surface area contributed by atoms with Gasteiger partial charge in [-0.3, -0.25) is 14.4 Å². The predicted molar refractivity (Wildman–Crippen MR) is 94.5 cm³/mol. The van der Waals surface area contributed by atoms with Crippen molar-refractivity contribution in [2.24, 2.45) is 0 Å². The smallest absolute Gasteiger partial charge is 0.303 e. The summed E-state index contributed by atoms with van der Waals surface area (Å²) >= 11 is 0. The molecule has 0 aliphatic carbocycles. The van der Waals surface area contributed by atoms with Gasteiger partial charge < -0.3 is 15.3 Å². The van der Waals surface area contributed by atoms with E-state index in [0.717, 1.165) is 30.4 Å². The number of piperidine rings is 1. The highest BCUT2D eigenvalue weighted by molar-refractivity contribution is 5.96. The van der Waals surface area contributed by atoms with E-state index in [-0.39, 0.29) is 30.8 Å². The van der Waals surface area contributed by atoms with Gasteiger partial charge in [0.05, 0.1) is 6.54 Å². The molecule has 0 radical (unpaired) electrons. The molecule has 2 amide bonds. The molecule has 6 nitrogen and oxygen atoms in total. The fourth-order valence-electron chi connectivity index (χ4n) is 3.38. The topological polar surface area (TPSA) is 86.7 Å². The number of carboxylic acid groups (broad SMARTS) is 1. The Morgan fingerprint density at radius 1 is 1.16 bits per heavy atom. The van der Waals surface area contributed by atoms with Gasteiger partial charge in [0.2, 0.25) is 5.91 Å². The third-order valence-electron chi connectivity index (χ3n) is 4.52. The van der Waals surface area contributed by atoms with Gasteiger partial charge in [0.15, 0.2) is 0 Å². The Morgan fingerprint density at radius 3 is 2.48 bits per heavy atom. The fraction of sp³-hybridized carbons (Fsp3) is 0.526. The highest BCUT2D eigenvalue weighted by Gasteiger charge is 2.27. The maximum atomic E-state index is 12.5. The molecule has 1 fully saturated rings. The molecule has 1 aromatic carbocycles. The first-order valence-corrected chi connectivity index (χ1v) is 8.74. The average molecular weight is 346 g/mol. The van der Waals surface area contributed by atoms with Crippen molar-refractivity contribution in [2.45, 2.75) is 52.0 Å². The van der Waals surface area contributed by atoms with E-state index >= 15 is 0 Å². The molecular weight excluding hydrogens is 320 g/mol. The van der Waals surface area contributed by atoms with Crippen molar-refractivity contribution in [3.63, 3.8) is 0 Å². The van der Waals surface area contributed by atoms with Crippen LogP contribution in [-0.2, 0) is 9.59 Å². The summed E-state index contributed by atoms with van der Waals surface area (Å²) < 4.78 is 0. The zero-order chi connectivity index (χ0) is 18.4. The summed E-state index contributed by atoms with van der Waals surface area (Å²) in [5.41, 5.74) is 2.55. The number of benzene rings is 1. The van der Waals surface area contributed by atoms with Crippen LogP contribution in [0.1, 0.15) is 53.6 Å². The van der Waals surface area contributed by atoms with E-state index in [1.807, 2.05) is 19.9 Å². The van der Waals surface area contributed by atoms with Crippen LogP contribution < -0.4 is 5.32 Å². The number of rotatable bonds is 6.